The van der Waals surface area contributed by atoms with Crippen LogP contribution in [0.3, 0.4) is 0 Å². The van der Waals surface area contributed by atoms with Crippen molar-refractivity contribution in [1.29, 1.82) is 0 Å². The number of nitrogens with one attached hydrogen (secondary N) is 1. The molecule has 0 saturated carbocycles. The minimum Gasteiger partial charge on any atom is -0.361 e. The molecule has 1 amide bonds. The van der Waals surface area contributed by atoms with E-state index in [4.69, 9.17) is 11.6 Å². The van der Waals surface area contributed by atoms with Gasteiger partial charge in [-0.05, 0) is 42.8 Å². The third-order valence-corrected chi connectivity index (χ3v) is 4.62. The number of carbonyl (C=O) groups is 1. The number of nitrogens with zero attached hydrogens (tertiary/aromatic N) is 2. The molecule has 0 aliphatic carbocycles. The van der Waals surface area contributed by atoms with E-state index in [0.717, 1.165) is 11.1 Å². The number of benzene rings is 2. The minimum atomic E-state index is -0.489. The fraction of sp³-hybridized carbons (Fsp3) is 0.100. The average molecular weight is 368 g/mol. The van der Waals surface area contributed by atoms with Crippen LogP contribution in [-0.2, 0) is 0 Å². The summed E-state index contributed by atoms with van der Waals surface area (Å²) in [6, 6.07) is 15.5. The van der Waals surface area contributed by atoms with Gasteiger partial charge in [-0.3, -0.25) is 9.69 Å². The van der Waals surface area contributed by atoms with E-state index in [2.05, 4.69) is 10.3 Å². The predicted octanol–water partition coefficient (Wildman–Crippen LogP) is 4.95. The van der Waals surface area contributed by atoms with Gasteiger partial charge < -0.3 is 5.32 Å². The molecule has 2 heterocycles. The van der Waals surface area contributed by atoms with Crippen molar-refractivity contribution in [3.05, 3.63) is 88.3 Å². The van der Waals surface area contributed by atoms with E-state index >= 15 is 0 Å². The van der Waals surface area contributed by atoms with Gasteiger partial charge in [0.05, 0.1) is 5.02 Å². The van der Waals surface area contributed by atoms with Crippen LogP contribution in [0.25, 0.3) is 0 Å². The summed E-state index contributed by atoms with van der Waals surface area (Å²) in [6.45, 7) is 1.94. The van der Waals surface area contributed by atoms with E-state index in [1.54, 1.807) is 23.2 Å². The van der Waals surface area contributed by atoms with Crippen LogP contribution in [0.2, 0.25) is 5.02 Å². The van der Waals surface area contributed by atoms with Gasteiger partial charge in [0.1, 0.15) is 17.8 Å². The van der Waals surface area contributed by atoms with Crippen molar-refractivity contribution >= 4 is 29.0 Å². The zero-order valence-corrected chi connectivity index (χ0v) is 14.7. The summed E-state index contributed by atoms with van der Waals surface area (Å²) >= 11 is 5.89. The number of rotatable bonds is 3. The van der Waals surface area contributed by atoms with Crippen LogP contribution < -0.4 is 10.2 Å². The molecule has 1 aromatic heterocycles. The molecule has 3 aromatic rings. The molecule has 1 aliphatic rings. The molecule has 4 nitrogen and oxygen atoms in total. The van der Waals surface area contributed by atoms with E-state index < -0.39 is 12.0 Å². The summed E-state index contributed by atoms with van der Waals surface area (Å²) in [4.78, 5) is 19.0. The SMILES string of the molecule is Cc1ccc(N2C(=O)c3ccccc3[C@H]2Nc2ccc(F)c(Cl)c2)nc1. The Hall–Kier alpha value is -2.92. The van der Waals surface area contributed by atoms with Gasteiger partial charge in [0.25, 0.3) is 5.91 Å². The van der Waals surface area contributed by atoms with Crippen LogP contribution in [0.5, 0.6) is 0 Å². The van der Waals surface area contributed by atoms with Crippen LogP contribution in [0.4, 0.5) is 15.9 Å². The molecule has 0 saturated heterocycles. The number of amides is 1. The highest BCUT2D eigenvalue weighted by atomic mass is 35.5. The quantitative estimate of drug-likeness (QED) is 0.712. The molecule has 6 heteroatoms. The fourth-order valence-corrected chi connectivity index (χ4v) is 3.22. The van der Waals surface area contributed by atoms with E-state index in [0.29, 0.717) is 17.1 Å². The molecule has 0 unspecified atom stereocenters. The number of hydrogen-bond donors (Lipinski definition) is 1. The monoisotopic (exact) mass is 367 g/mol. The number of halogens is 2. The molecular weight excluding hydrogens is 353 g/mol. The zero-order chi connectivity index (χ0) is 18.3. The molecule has 4 rings (SSSR count). The van der Waals surface area contributed by atoms with Crippen molar-refractivity contribution in [3.8, 4) is 0 Å². The predicted molar refractivity (Wildman–Crippen MR) is 100.0 cm³/mol. The Kier molecular flexibility index (Phi) is 4.09. The maximum Gasteiger partial charge on any atom is 0.261 e. The minimum absolute atomic E-state index is 0.0209. The van der Waals surface area contributed by atoms with Gasteiger partial charge in [0, 0.05) is 23.0 Å². The Bertz CT molecular complexity index is 991. The highest BCUT2D eigenvalue weighted by Gasteiger charge is 2.38. The van der Waals surface area contributed by atoms with Gasteiger partial charge in [0.2, 0.25) is 0 Å². The van der Waals surface area contributed by atoms with Crippen molar-refractivity contribution in [2.45, 2.75) is 13.1 Å². The Labute approximate surface area is 155 Å². The number of anilines is 2. The summed E-state index contributed by atoms with van der Waals surface area (Å²) < 4.78 is 13.5. The van der Waals surface area contributed by atoms with Gasteiger partial charge in [-0.2, -0.15) is 0 Å². The molecule has 1 N–H and O–H groups in total. The number of carbonyl (C=O) groups excluding carboxylic acids is 1. The Balaban J connectivity index is 1.77. The van der Waals surface area contributed by atoms with Crippen LogP contribution in [0.15, 0.2) is 60.8 Å². The Morgan fingerprint density at radius 3 is 2.69 bits per heavy atom. The molecule has 1 atom stereocenters. The number of fused-ring (bicyclic) bond motifs is 1. The highest BCUT2D eigenvalue weighted by molar-refractivity contribution is 6.31. The van der Waals surface area contributed by atoms with Gasteiger partial charge in [0.15, 0.2) is 0 Å². The first-order valence-corrected chi connectivity index (χ1v) is 8.49. The van der Waals surface area contributed by atoms with E-state index in [1.165, 1.54) is 12.1 Å². The summed E-state index contributed by atoms with van der Waals surface area (Å²) in [5.41, 5.74) is 3.07. The largest absolute Gasteiger partial charge is 0.361 e. The first-order valence-electron chi connectivity index (χ1n) is 8.11. The molecule has 0 spiro atoms. The summed E-state index contributed by atoms with van der Waals surface area (Å²) in [5, 5.41) is 3.29. The summed E-state index contributed by atoms with van der Waals surface area (Å²) in [5.74, 6) is -0.0812. The molecule has 0 bridgehead atoms. The van der Waals surface area contributed by atoms with E-state index in [1.807, 2.05) is 37.3 Å². The van der Waals surface area contributed by atoms with Gasteiger partial charge in [-0.25, -0.2) is 9.37 Å². The lowest BCUT2D eigenvalue weighted by molar-refractivity contribution is 0.0992. The fourth-order valence-electron chi connectivity index (χ4n) is 3.04. The summed E-state index contributed by atoms with van der Waals surface area (Å²) in [7, 11) is 0. The smallest absolute Gasteiger partial charge is 0.261 e. The molecular formula is C20H15ClFN3O. The van der Waals surface area contributed by atoms with Gasteiger partial charge >= 0.3 is 0 Å². The van der Waals surface area contributed by atoms with Crippen LogP contribution in [0.1, 0.15) is 27.7 Å². The molecule has 130 valence electrons. The van der Waals surface area contributed by atoms with E-state index in [9.17, 15) is 9.18 Å². The first kappa shape index (κ1) is 16.5. The maximum atomic E-state index is 13.5. The molecule has 0 radical (unpaired) electrons. The lowest BCUT2D eigenvalue weighted by atomic mass is 10.1. The van der Waals surface area contributed by atoms with Gasteiger partial charge in [-0.1, -0.05) is 35.9 Å². The maximum absolute atomic E-state index is 13.5. The van der Waals surface area contributed by atoms with Crippen molar-refractivity contribution in [2.24, 2.45) is 0 Å². The number of pyridine rings is 1. The van der Waals surface area contributed by atoms with Crippen molar-refractivity contribution in [3.63, 3.8) is 0 Å². The zero-order valence-electron chi connectivity index (χ0n) is 13.9. The lowest BCUT2D eigenvalue weighted by Crippen LogP contribution is -2.32. The van der Waals surface area contributed by atoms with Crippen molar-refractivity contribution < 1.29 is 9.18 Å². The van der Waals surface area contributed by atoms with Crippen LogP contribution in [0, 0.1) is 12.7 Å². The summed E-state index contributed by atoms with van der Waals surface area (Å²) in [6.07, 6.45) is 1.26. The molecule has 0 fully saturated rings. The topological polar surface area (TPSA) is 45.2 Å². The van der Waals surface area contributed by atoms with E-state index in [-0.39, 0.29) is 10.9 Å². The Morgan fingerprint density at radius 2 is 1.96 bits per heavy atom. The average Bonchev–Trinajstić information content (AvgIpc) is 2.92. The highest BCUT2D eigenvalue weighted by Crippen LogP contribution is 2.37. The molecule has 1 aliphatic heterocycles. The molecule has 26 heavy (non-hydrogen) atoms. The van der Waals surface area contributed by atoms with Crippen molar-refractivity contribution in [1.82, 2.24) is 4.98 Å². The number of hydrogen-bond acceptors (Lipinski definition) is 3. The van der Waals surface area contributed by atoms with Crippen LogP contribution >= 0.6 is 11.6 Å². The standard InChI is InChI=1S/C20H15ClFN3O/c1-12-6-9-18(23-11-12)25-19(14-4-2-3-5-15(14)20(25)26)24-13-7-8-17(22)16(21)10-13/h2-11,19,24H,1H3/t19-/m0/s1. The number of aryl methyl sites for hydroxylation is 1. The Morgan fingerprint density at radius 1 is 1.15 bits per heavy atom. The molecule has 2 aromatic carbocycles. The first-order chi connectivity index (χ1) is 12.5. The van der Waals surface area contributed by atoms with Crippen LogP contribution in [-0.4, -0.2) is 10.9 Å². The lowest BCUT2D eigenvalue weighted by Gasteiger charge is -2.26. The third kappa shape index (κ3) is 2.80. The van der Waals surface area contributed by atoms with Gasteiger partial charge in [-0.15, -0.1) is 0 Å². The normalized spacial score (nSPS) is 15.9. The second-order valence-electron chi connectivity index (χ2n) is 6.13. The van der Waals surface area contributed by atoms with Crippen molar-refractivity contribution in [2.75, 3.05) is 10.2 Å². The second-order valence-corrected chi connectivity index (χ2v) is 6.54. The number of aromatic nitrogens is 1. The third-order valence-electron chi connectivity index (χ3n) is 4.33. The second kappa shape index (κ2) is 6.42.